The van der Waals surface area contributed by atoms with E-state index >= 15 is 0 Å². The second-order valence-corrected chi connectivity index (χ2v) is 4.65. The Balaban J connectivity index is 3.51. The van der Waals surface area contributed by atoms with E-state index in [1.54, 1.807) is 6.92 Å². The van der Waals surface area contributed by atoms with Gasteiger partial charge in [-0.05, 0) is 6.92 Å². The summed E-state index contributed by atoms with van der Waals surface area (Å²) in [5, 5.41) is 21.0. The summed E-state index contributed by atoms with van der Waals surface area (Å²) in [6, 6.07) is 1.19. The number of nitro benzene ring substituents is 1. The fraction of sp³-hybridized carbons (Fsp3) is 0.571. The summed E-state index contributed by atoms with van der Waals surface area (Å²) >= 11 is 0. The first-order valence-corrected chi connectivity index (χ1v) is 6.76. The third-order valence-corrected chi connectivity index (χ3v) is 2.83. The Kier molecular flexibility index (Phi) is 7.52. The number of aliphatic hydroxyl groups is 1. The molecule has 1 N–H and O–H groups in total. The monoisotopic (exact) mass is 331 g/mol. The number of methoxy groups -OCH3 is 3. The quantitative estimate of drug-likeness (QED) is 0.390. The minimum atomic E-state index is -0.772. The van der Waals surface area contributed by atoms with E-state index in [0.717, 1.165) is 0 Å². The highest BCUT2D eigenvalue weighted by Crippen LogP contribution is 2.45. The van der Waals surface area contributed by atoms with Crippen molar-refractivity contribution < 1.29 is 33.7 Å². The lowest BCUT2D eigenvalue weighted by Crippen LogP contribution is -2.12. The second kappa shape index (κ2) is 9.13. The van der Waals surface area contributed by atoms with E-state index in [-0.39, 0.29) is 42.9 Å². The Morgan fingerprint density at radius 1 is 1.17 bits per heavy atom. The molecule has 9 nitrogen and oxygen atoms in total. The summed E-state index contributed by atoms with van der Waals surface area (Å²) in [5.41, 5.74) is 0.00413. The van der Waals surface area contributed by atoms with Gasteiger partial charge in [-0.25, -0.2) is 0 Å². The Hall–Kier alpha value is -2.10. The van der Waals surface area contributed by atoms with E-state index in [0.29, 0.717) is 5.56 Å². The van der Waals surface area contributed by atoms with Crippen LogP contribution in [0.4, 0.5) is 5.69 Å². The summed E-state index contributed by atoms with van der Waals surface area (Å²) < 4.78 is 25.6. The first-order valence-electron chi connectivity index (χ1n) is 6.76. The smallest absolute Gasteiger partial charge is 0.315 e. The first kappa shape index (κ1) is 18.9. The SMILES string of the molecule is COCOc1cc([N+](=O)[O-])c(OCOC)c(CC(C)O)c1OC. The second-order valence-electron chi connectivity index (χ2n) is 4.65. The number of hydrogen-bond donors (Lipinski definition) is 1. The van der Waals surface area contributed by atoms with Gasteiger partial charge in [-0.1, -0.05) is 0 Å². The van der Waals surface area contributed by atoms with Crippen LogP contribution in [0.1, 0.15) is 12.5 Å². The maximum Gasteiger partial charge on any atom is 0.315 e. The Labute approximate surface area is 133 Å². The third kappa shape index (κ3) is 4.95. The van der Waals surface area contributed by atoms with E-state index < -0.39 is 11.0 Å². The maximum atomic E-state index is 11.3. The molecule has 0 bridgehead atoms. The van der Waals surface area contributed by atoms with Crippen LogP contribution >= 0.6 is 0 Å². The van der Waals surface area contributed by atoms with Gasteiger partial charge in [0.1, 0.15) is 0 Å². The van der Waals surface area contributed by atoms with E-state index in [1.807, 2.05) is 0 Å². The molecular weight excluding hydrogens is 310 g/mol. The molecule has 1 aromatic carbocycles. The number of nitro groups is 1. The minimum absolute atomic E-state index is 0.0284. The first-order chi connectivity index (χ1) is 11.0. The number of benzene rings is 1. The molecule has 0 aliphatic heterocycles. The molecule has 0 spiro atoms. The molecule has 0 radical (unpaired) electrons. The Morgan fingerprint density at radius 3 is 2.26 bits per heavy atom. The molecule has 0 aliphatic carbocycles. The van der Waals surface area contributed by atoms with Crippen molar-refractivity contribution in [2.24, 2.45) is 0 Å². The van der Waals surface area contributed by atoms with Crippen molar-refractivity contribution in [3.63, 3.8) is 0 Å². The maximum absolute atomic E-state index is 11.3. The van der Waals surface area contributed by atoms with Gasteiger partial charge < -0.3 is 28.8 Å². The standard InChI is InChI=1S/C14H21NO8/c1-9(16)5-10-13(23-8-20-3)11(15(17)18)6-12(14(10)21-4)22-7-19-2/h6,9,16H,5,7-8H2,1-4H3. The van der Waals surface area contributed by atoms with Gasteiger partial charge in [-0.3, -0.25) is 10.1 Å². The van der Waals surface area contributed by atoms with Gasteiger partial charge in [-0.15, -0.1) is 0 Å². The van der Waals surface area contributed by atoms with Crippen LogP contribution in [0.5, 0.6) is 17.2 Å². The molecule has 1 unspecified atom stereocenters. The number of hydrogen-bond acceptors (Lipinski definition) is 8. The largest absolute Gasteiger partial charge is 0.492 e. The van der Waals surface area contributed by atoms with Crippen LogP contribution in [-0.2, 0) is 15.9 Å². The number of rotatable bonds is 10. The molecule has 0 amide bonds. The van der Waals surface area contributed by atoms with E-state index in [4.69, 9.17) is 23.7 Å². The van der Waals surface area contributed by atoms with Gasteiger partial charge in [0.25, 0.3) is 0 Å². The molecule has 0 saturated carbocycles. The average Bonchev–Trinajstić information content (AvgIpc) is 2.50. The van der Waals surface area contributed by atoms with Crippen LogP contribution in [0, 0.1) is 10.1 Å². The zero-order chi connectivity index (χ0) is 17.4. The van der Waals surface area contributed by atoms with Crippen LogP contribution in [-0.4, -0.2) is 51.0 Å². The van der Waals surface area contributed by atoms with Gasteiger partial charge in [0.05, 0.1) is 24.2 Å². The van der Waals surface area contributed by atoms with Crippen LogP contribution in [0.15, 0.2) is 6.07 Å². The fourth-order valence-corrected chi connectivity index (χ4v) is 2.01. The molecule has 23 heavy (non-hydrogen) atoms. The van der Waals surface area contributed by atoms with Gasteiger partial charge in [0.15, 0.2) is 25.1 Å². The van der Waals surface area contributed by atoms with Crippen LogP contribution < -0.4 is 14.2 Å². The summed E-state index contributed by atoms with van der Waals surface area (Å²) in [6.45, 7) is 1.25. The molecule has 1 rings (SSSR count). The van der Waals surface area contributed by atoms with Crippen molar-refractivity contribution in [1.82, 2.24) is 0 Å². The average molecular weight is 331 g/mol. The van der Waals surface area contributed by atoms with Gasteiger partial charge >= 0.3 is 5.69 Å². The molecule has 130 valence electrons. The van der Waals surface area contributed by atoms with Crippen LogP contribution in [0.3, 0.4) is 0 Å². The highest BCUT2D eigenvalue weighted by atomic mass is 16.7. The van der Waals surface area contributed by atoms with E-state index in [1.165, 1.54) is 27.4 Å². The van der Waals surface area contributed by atoms with Gasteiger partial charge in [0.2, 0.25) is 5.75 Å². The van der Waals surface area contributed by atoms with Crippen molar-refractivity contribution in [1.29, 1.82) is 0 Å². The number of aliphatic hydroxyl groups excluding tert-OH is 1. The lowest BCUT2D eigenvalue weighted by molar-refractivity contribution is -0.386. The molecule has 0 saturated heterocycles. The molecule has 1 aromatic rings. The van der Waals surface area contributed by atoms with Crippen LogP contribution in [0.2, 0.25) is 0 Å². The topological polar surface area (TPSA) is 110 Å². The summed E-state index contributed by atoms with van der Waals surface area (Å²) in [6.07, 6.45) is -0.696. The minimum Gasteiger partial charge on any atom is -0.492 e. The number of ether oxygens (including phenoxy) is 5. The molecule has 0 aliphatic rings. The Bertz CT molecular complexity index is 532. The summed E-state index contributed by atoms with van der Waals surface area (Å²) in [4.78, 5) is 10.7. The predicted molar refractivity (Wildman–Crippen MR) is 80.0 cm³/mol. The van der Waals surface area contributed by atoms with Crippen LogP contribution in [0.25, 0.3) is 0 Å². The van der Waals surface area contributed by atoms with Crippen molar-refractivity contribution in [2.45, 2.75) is 19.4 Å². The lowest BCUT2D eigenvalue weighted by Gasteiger charge is -2.19. The highest BCUT2D eigenvalue weighted by Gasteiger charge is 2.28. The molecule has 1 atom stereocenters. The summed E-state index contributed by atoms with van der Waals surface area (Å²) in [7, 11) is 4.22. The van der Waals surface area contributed by atoms with Gasteiger partial charge in [-0.2, -0.15) is 0 Å². The molecule has 0 heterocycles. The van der Waals surface area contributed by atoms with Crippen molar-refractivity contribution in [3.8, 4) is 17.2 Å². The van der Waals surface area contributed by atoms with Crippen molar-refractivity contribution in [2.75, 3.05) is 34.9 Å². The zero-order valence-electron chi connectivity index (χ0n) is 13.5. The third-order valence-electron chi connectivity index (χ3n) is 2.83. The molecule has 0 aromatic heterocycles. The predicted octanol–water partition coefficient (Wildman–Crippen LogP) is 1.49. The van der Waals surface area contributed by atoms with Gasteiger partial charge in [0, 0.05) is 26.2 Å². The van der Waals surface area contributed by atoms with Crippen molar-refractivity contribution >= 4 is 5.69 Å². The zero-order valence-corrected chi connectivity index (χ0v) is 13.5. The van der Waals surface area contributed by atoms with Crippen molar-refractivity contribution in [3.05, 3.63) is 21.7 Å². The normalized spacial score (nSPS) is 11.9. The molecular formula is C14H21NO8. The summed E-state index contributed by atoms with van der Waals surface area (Å²) in [5.74, 6) is 0.334. The number of nitrogens with zero attached hydrogens (tertiary/aromatic N) is 1. The molecule has 0 fully saturated rings. The fourth-order valence-electron chi connectivity index (χ4n) is 2.01. The van der Waals surface area contributed by atoms with E-state index in [2.05, 4.69) is 0 Å². The highest BCUT2D eigenvalue weighted by molar-refractivity contribution is 5.64. The molecule has 9 heteroatoms. The lowest BCUT2D eigenvalue weighted by atomic mass is 10.0. The van der Waals surface area contributed by atoms with E-state index in [9.17, 15) is 15.2 Å². The Morgan fingerprint density at radius 2 is 1.78 bits per heavy atom.